The zero-order chi connectivity index (χ0) is 22.7. The zero-order valence-electron chi connectivity index (χ0n) is 17.0. The second kappa shape index (κ2) is 8.81. The van der Waals surface area contributed by atoms with Crippen LogP contribution in [0.25, 0.3) is 11.3 Å². The third-order valence-corrected chi connectivity index (χ3v) is 5.30. The molecule has 32 heavy (non-hydrogen) atoms. The van der Waals surface area contributed by atoms with Gasteiger partial charge in [0.05, 0.1) is 21.7 Å². The van der Waals surface area contributed by atoms with E-state index in [1.807, 2.05) is 0 Å². The van der Waals surface area contributed by atoms with Gasteiger partial charge >= 0.3 is 6.18 Å². The Balaban J connectivity index is 1.67. The first-order valence-electron chi connectivity index (χ1n) is 10.1. The Kier molecular flexibility index (Phi) is 5.93. The maximum atomic E-state index is 13.0. The van der Waals surface area contributed by atoms with E-state index in [2.05, 4.69) is 20.2 Å². The second-order valence-electron chi connectivity index (χ2n) is 7.50. The highest BCUT2D eigenvalue weighted by atomic mass is 19.4. The molecule has 3 aromatic rings. The minimum absolute atomic E-state index is 0.102. The summed E-state index contributed by atoms with van der Waals surface area (Å²) in [5.41, 5.74) is 0.807. The number of hydrogen-bond acceptors (Lipinski definition) is 6. The number of aromatic nitrogens is 2. The molecule has 166 valence electrons. The Morgan fingerprint density at radius 1 is 1.00 bits per heavy atom. The van der Waals surface area contributed by atoms with Crippen LogP contribution >= 0.6 is 0 Å². The molecule has 1 N–H and O–H groups in total. The van der Waals surface area contributed by atoms with Crippen LogP contribution in [0.5, 0.6) is 0 Å². The molecule has 0 bridgehead atoms. The van der Waals surface area contributed by atoms with Crippen molar-refractivity contribution in [3.63, 3.8) is 0 Å². The Morgan fingerprint density at radius 2 is 1.78 bits per heavy atom. The summed E-state index contributed by atoms with van der Waals surface area (Å²) in [4.78, 5) is 21.6. The van der Waals surface area contributed by atoms with Crippen LogP contribution in [0.15, 0.2) is 54.9 Å². The van der Waals surface area contributed by atoms with Crippen LogP contribution in [-0.4, -0.2) is 28.0 Å². The molecule has 0 atom stereocenters. The number of piperidine rings is 1. The van der Waals surface area contributed by atoms with Gasteiger partial charge in [0.25, 0.3) is 5.69 Å². The Hall–Kier alpha value is -3.69. The van der Waals surface area contributed by atoms with Gasteiger partial charge in [-0.1, -0.05) is 6.07 Å². The summed E-state index contributed by atoms with van der Waals surface area (Å²) in [7, 11) is 0. The molecular weight excluding hydrogens is 423 g/mol. The van der Waals surface area contributed by atoms with Crippen LogP contribution in [-0.2, 0) is 6.18 Å². The first-order chi connectivity index (χ1) is 15.3. The summed E-state index contributed by atoms with van der Waals surface area (Å²) in [6.07, 6.45) is 0.0369. The van der Waals surface area contributed by atoms with Gasteiger partial charge in [0.2, 0.25) is 0 Å². The highest BCUT2D eigenvalue weighted by molar-refractivity contribution is 5.77. The minimum Gasteiger partial charge on any atom is -0.372 e. The quantitative estimate of drug-likeness (QED) is 0.396. The monoisotopic (exact) mass is 443 g/mol. The number of nitro groups is 1. The van der Waals surface area contributed by atoms with Crippen LogP contribution in [0, 0.1) is 10.1 Å². The van der Waals surface area contributed by atoms with E-state index in [0.29, 0.717) is 11.3 Å². The lowest BCUT2D eigenvalue weighted by Crippen LogP contribution is -2.29. The number of nitrogens with one attached hydrogen (secondary N) is 1. The van der Waals surface area contributed by atoms with Gasteiger partial charge in [-0.2, -0.15) is 13.2 Å². The molecule has 0 saturated carbocycles. The van der Waals surface area contributed by atoms with Crippen LogP contribution < -0.4 is 10.2 Å². The molecule has 1 saturated heterocycles. The number of rotatable bonds is 5. The van der Waals surface area contributed by atoms with Crippen molar-refractivity contribution in [2.24, 2.45) is 0 Å². The van der Waals surface area contributed by atoms with E-state index in [-0.39, 0.29) is 17.2 Å². The second-order valence-corrected chi connectivity index (χ2v) is 7.50. The van der Waals surface area contributed by atoms with E-state index >= 15 is 0 Å². The molecule has 0 unspecified atom stereocenters. The normalized spacial score (nSPS) is 14.3. The maximum Gasteiger partial charge on any atom is 0.416 e. The topological polar surface area (TPSA) is 84.2 Å². The van der Waals surface area contributed by atoms with Crippen molar-refractivity contribution in [2.45, 2.75) is 25.4 Å². The van der Waals surface area contributed by atoms with Crippen molar-refractivity contribution in [3.8, 4) is 11.3 Å². The lowest BCUT2D eigenvalue weighted by molar-refractivity contribution is -0.384. The zero-order valence-corrected chi connectivity index (χ0v) is 17.0. The fourth-order valence-corrected chi connectivity index (χ4v) is 3.73. The molecule has 0 spiro atoms. The number of hydrogen-bond donors (Lipinski definition) is 1. The first-order valence-corrected chi connectivity index (χ1v) is 10.1. The van der Waals surface area contributed by atoms with E-state index in [1.54, 1.807) is 12.1 Å². The number of nitrogens with zero attached hydrogens (tertiary/aromatic N) is 4. The number of alkyl halides is 3. The Morgan fingerprint density at radius 3 is 2.50 bits per heavy atom. The van der Waals surface area contributed by atoms with Gasteiger partial charge in [0, 0.05) is 36.6 Å². The fourth-order valence-electron chi connectivity index (χ4n) is 3.73. The number of benzene rings is 2. The largest absolute Gasteiger partial charge is 0.416 e. The summed E-state index contributed by atoms with van der Waals surface area (Å²) >= 11 is 0. The maximum absolute atomic E-state index is 13.0. The van der Waals surface area contributed by atoms with Crippen molar-refractivity contribution < 1.29 is 18.1 Å². The first kappa shape index (κ1) is 21.5. The number of anilines is 3. The molecule has 4 rings (SSSR count). The van der Waals surface area contributed by atoms with Crippen LogP contribution in [0.4, 0.5) is 36.1 Å². The highest BCUT2D eigenvalue weighted by Gasteiger charge is 2.30. The van der Waals surface area contributed by atoms with Gasteiger partial charge in [0.15, 0.2) is 0 Å². The van der Waals surface area contributed by atoms with Gasteiger partial charge in [-0.05, 0) is 49.6 Å². The molecule has 0 amide bonds. The van der Waals surface area contributed by atoms with E-state index in [1.165, 1.54) is 30.6 Å². The number of halogens is 3. The predicted molar refractivity (Wildman–Crippen MR) is 115 cm³/mol. The number of nitro benzene ring substituents is 1. The van der Waals surface area contributed by atoms with Gasteiger partial charge in [-0.15, -0.1) is 0 Å². The van der Waals surface area contributed by atoms with Crippen molar-refractivity contribution in [3.05, 3.63) is 70.5 Å². The smallest absolute Gasteiger partial charge is 0.372 e. The molecule has 0 radical (unpaired) electrons. The molecule has 0 aliphatic carbocycles. The standard InChI is InChI=1S/C22H20F3N5O2/c23-22(24,25)15-5-4-6-16(11-15)28-21-13-19(26-14-27-21)18-12-17(7-8-20(18)30(31)32)29-9-2-1-3-10-29/h4-8,11-14H,1-3,9-10H2,(H,26,27,28). The lowest BCUT2D eigenvalue weighted by atomic mass is 10.1. The van der Waals surface area contributed by atoms with E-state index in [0.717, 1.165) is 50.2 Å². The van der Waals surface area contributed by atoms with Crippen molar-refractivity contribution in [2.75, 3.05) is 23.3 Å². The average molecular weight is 443 g/mol. The third kappa shape index (κ3) is 4.79. The van der Waals surface area contributed by atoms with Crippen LogP contribution in [0.3, 0.4) is 0 Å². The molecule has 7 nitrogen and oxygen atoms in total. The third-order valence-electron chi connectivity index (χ3n) is 5.30. The summed E-state index contributed by atoms with van der Waals surface area (Å²) < 4.78 is 38.9. The van der Waals surface area contributed by atoms with E-state index in [4.69, 9.17) is 0 Å². The van der Waals surface area contributed by atoms with Gasteiger partial charge in [-0.3, -0.25) is 10.1 Å². The average Bonchev–Trinajstić information content (AvgIpc) is 2.79. The van der Waals surface area contributed by atoms with E-state index < -0.39 is 16.7 Å². The van der Waals surface area contributed by atoms with Crippen LogP contribution in [0.2, 0.25) is 0 Å². The van der Waals surface area contributed by atoms with Crippen molar-refractivity contribution in [1.29, 1.82) is 0 Å². The molecule has 1 aliphatic heterocycles. The van der Waals surface area contributed by atoms with Gasteiger partial charge in [-0.25, -0.2) is 9.97 Å². The molecule has 2 aromatic carbocycles. The molecule has 2 heterocycles. The summed E-state index contributed by atoms with van der Waals surface area (Å²) in [6.45, 7) is 1.76. The molecular formula is C22H20F3N5O2. The van der Waals surface area contributed by atoms with Gasteiger partial charge in [0.1, 0.15) is 12.1 Å². The SMILES string of the molecule is O=[N+]([O-])c1ccc(N2CCCCC2)cc1-c1cc(Nc2cccc(C(F)(F)F)c2)ncn1. The molecule has 1 fully saturated rings. The molecule has 10 heteroatoms. The summed E-state index contributed by atoms with van der Waals surface area (Å²) in [5, 5.41) is 14.4. The molecule has 1 aromatic heterocycles. The van der Waals surface area contributed by atoms with E-state index in [9.17, 15) is 23.3 Å². The minimum atomic E-state index is -4.47. The summed E-state index contributed by atoms with van der Waals surface area (Å²) in [5.74, 6) is 0.229. The molecule has 1 aliphatic rings. The van der Waals surface area contributed by atoms with Gasteiger partial charge < -0.3 is 10.2 Å². The van der Waals surface area contributed by atoms with Crippen molar-refractivity contribution >= 4 is 22.9 Å². The van der Waals surface area contributed by atoms with Crippen molar-refractivity contribution in [1.82, 2.24) is 9.97 Å². The fraction of sp³-hybridized carbons (Fsp3) is 0.273. The highest BCUT2D eigenvalue weighted by Crippen LogP contribution is 2.35. The Labute approximate surface area is 182 Å². The summed E-state index contributed by atoms with van der Waals surface area (Å²) in [6, 6.07) is 11.1. The predicted octanol–water partition coefficient (Wildman–Crippen LogP) is 5.80. The van der Waals surface area contributed by atoms with Crippen LogP contribution in [0.1, 0.15) is 24.8 Å². The Bertz CT molecular complexity index is 1130. The lowest BCUT2D eigenvalue weighted by Gasteiger charge is -2.29.